The fourth-order valence-corrected chi connectivity index (χ4v) is 2.10. The molecule has 0 aromatic carbocycles. The summed E-state index contributed by atoms with van der Waals surface area (Å²) in [5.41, 5.74) is 0.192. The maximum Gasteiger partial charge on any atom is 0.338 e. The number of carbonyl (C=O) groups is 1. The molecule has 2 heterocycles. The lowest BCUT2D eigenvalue weighted by Crippen LogP contribution is -2.44. The van der Waals surface area contributed by atoms with Crippen LogP contribution in [0.2, 0.25) is 0 Å². The molecule has 0 amide bonds. The molecule has 6 nitrogen and oxygen atoms in total. The Hall–Kier alpha value is -1.37. The number of nitrogens with one attached hydrogen (secondary N) is 1. The average molecular weight is 268 g/mol. The lowest BCUT2D eigenvalue weighted by Gasteiger charge is -2.29. The predicted molar refractivity (Wildman–Crippen MR) is 69.2 cm³/mol. The van der Waals surface area contributed by atoms with Gasteiger partial charge in [0.05, 0.1) is 25.3 Å². The van der Waals surface area contributed by atoms with E-state index in [1.807, 2.05) is 0 Å². The van der Waals surface area contributed by atoms with E-state index in [0.717, 1.165) is 32.8 Å². The highest BCUT2D eigenvalue weighted by molar-refractivity contribution is 5.87. The number of nitrogens with zero attached hydrogens (tertiary/aromatic N) is 1. The normalized spacial score (nSPS) is 18.4. The van der Waals surface area contributed by atoms with Crippen LogP contribution in [0, 0.1) is 0 Å². The Bertz CT molecular complexity index is 413. The van der Waals surface area contributed by atoms with Gasteiger partial charge in [-0.15, -0.1) is 0 Å². The van der Waals surface area contributed by atoms with Gasteiger partial charge < -0.3 is 19.6 Å². The zero-order valence-corrected chi connectivity index (χ0v) is 11.1. The average Bonchev–Trinajstić information content (AvgIpc) is 2.86. The molecule has 1 atom stereocenters. The molecule has 0 bridgehead atoms. The van der Waals surface area contributed by atoms with Crippen LogP contribution in [0.4, 0.5) is 0 Å². The van der Waals surface area contributed by atoms with Gasteiger partial charge >= 0.3 is 5.97 Å². The molecule has 6 heteroatoms. The third-order valence-electron chi connectivity index (χ3n) is 3.16. The van der Waals surface area contributed by atoms with E-state index in [-0.39, 0.29) is 5.56 Å². The fourth-order valence-electron chi connectivity index (χ4n) is 2.10. The number of aromatic carboxylic acids is 1. The van der Waals surface area contributed by atoms with Gasteiger partial charge in [0, 0.05) is 25.7 Å². The van der Waals surface area contributed by atoms with E-state index in [4.69, 9.17) is 14.3 Å². The summed E-state index contributed by atoms with van der Waals surface area (Å²) in [5, 5.41) is 12.1. The molecule has 2 rings (SSSR count). The van der Waals surface area contributed by atoms with E-state index >= 15 is 0 Å². The smallest absolute Gasteiger partial charge is 0.338 e. The first kappa shape index (κ1) is 14.0. The quantitative estimate of drug-likeness (QED) is 0.794. The summed E-state index contributed by atoms with van der Waals surface area (Å²) in [5.74, 6) is -0.317. The van der Waals surface area contributed by atoms with Crippen LogP contribution in [0.1, 0.15) is 23.0 Å². The number of hydrogen-bond donors (Lipinski definition) is 2. The number of rotatable bonds is 6. The van der Waals surface area contributed by atoms with Gasteiger partial charge in [-0.1, -0.05) is 0 Å². The van der Waals surface area contributed by atoms with Crippen LogP contribution in [-0.2, 0) is 11.3 Å². The number of furan rings is 1. The van der Waals surface area contributed by atoms with E-state index in [1.54, 1.807) is 6.07 Å². The summed E-state index contributed by atoms with van der Waals surface area (Å²) in [4.78, 5) is 13.1. The van der Waals surface area contributed by atoms with Crippen LogP contribution >= 0.6 is 0 Å². The molecule has 1 unspecified atom stereocenters. The predicted octanol–water partition coefficient (Wildman–Crippen LogP) is 0.788. The molecule has 106 valence electrons. The highest BCUT2D eigenvalue weighted by Gasteiger charge is 2.14. The van der Waals surface area contributed by atoms with Crippen LogP contribution in [0.3, 0.4) is 0 Å². The van der Waals surface area contributed by atoms with Crippen LogP contribution in [0.15, 0.2) is 16.7 Å². The number of carboxylic acids is 1. The Morgan fingerprint density at radius 1 is 1.53 bits per heavy atom. The van der Waals surface area contributed by atoms with Crippen LogP contribution in [0.5, 0.6) is 0 Å². The molecule has 2 N–H and O–H groups in total. The van der Waals surface area contributed by atoms with Crippen molar-refractivity contribution in [3.8, 4) is 0 Å². The van der Waals surface area contributed by atoms with Crippen LogP contribution in [-0.4, -0.2) is 54.9 Å². The Morgan fingerprint density at radius 3 is 2.89 bits per heavy atom. The largest absolute Gasteiger partial charge is 0.478 e. The lowest BCUT2D eigenvalue weighted by molar-refractivity contribution is 0.0342. The van der Waals surface area contributed by atoms with E-state index in [9.17, 15) is 4.79 Å². The van der Waals surface area contributed by atoms with Crippen molar-refractivity contribution in [3.63, 3.8) is 0 Å². The van der Waals surface area contributed by atoms with Gasteiger partial charge in [0.2, 0.25) is 0 Å². The van der Waals surface area contributed by atoms with Gasteiger partial charge in [-0.3, -0.25) is 4.90 Å². The molecule has 0 spiro atoms. The van der Waals surface area contributed by atoms with Gasteiger partial charge in [0.1, 0.15) is 12.0 Å². The van der Waals surface area contributed by atoms with E-state index in [2.05, 4.69) is 17.1 Å². The minimum atomic E-state index is -0.962. The minimum absolute atomic E-state index is 0.192. The minimum Gasteiger partial charge on any atom is -0.478 e. The first-order valence-corrected chi connectivity index (χ1v) is 6.49. The van der Waals surface area contributed by atoms with Crippen molar-refractivity contribution in [1.82, 2.24) is 10.2 Å². The zero-order chi connectivity index (χ0) is 13.7. The molecule has 1 aliphatic rings. The van der Waals surface area contributed by atoms with Gasteiger partial charge in [-0.2, -0.15) is 0 Å². The monoisotopic (exact) mass is 268 g/mol. The van der Waals surface area contributed by atoms with Gasteiger partial charge in [-0.05, 0) is 13.0 Å². The second kappa shape index (κ2) is 6.70. The molecule has 1 aliphatic heterocycles. The van der Waals surface area contributed by atoms with Crippen molar-refractivity contribution in [1.29, 1.82) is 0 Å². The summed E-state index contributed by atoms with van der Waals surface area (Å²) in [6.07, 6.45) is 1.27. The third kappa shape index (κ3) is 4.34. The third-order valence-corrected chi connectivity index (χ3v) is 3.16. The molecule has 0 radical (unpaired) electrons. The summed E-state index contributed by atoms with van der Waals surface area (Å²) in [6, 6.07) is 1.87. The van der Waals surface area contributed by atoms with Crippen LogP contribution in [0.25, 0.3) is 0 Å². The number of ether oxygens (including phenoxy) is 1. The first-order valence-electron chi connectivity index (χ1n) is 6.49. The van der Waals surface area contributed by atoms with Crippen molar-refractivity contribution in [2.24, 2.45) is 0 Å². The second-order valence-corrected chi connectivity index (χ2v) is 4.80. The molecule has 1 saturated heterocycles. The Kier molecular flexibility index (Phi) is 4.95. The molecule has 1 aromatic rings. The van der Waals surface area contributed by atoms with Crippen molar-refractivity contribution < 1.29 is 19.1 Å². The number of morpholine rings is 1. The molecule has 0 saturated carbocycles. The maximum absolute atomic E-state index is 10.7. The number of carboxylic acid groups (broad SMARTS) is 1. The van der Waals surface area contributed by atoms with Crippen molar-refractivity contribution in [3.05, 3.63) is 23.7 Å². The summed E-state index contributed by atoms with van der Waals surface area (Å²) in [6.45, 7) is 7.14. The highest BCUT2D eigenvalue weighted by Crippen LogP contribution is 2.08. The van der Waals surface area contributed by atoms with E-state index in [1.165, 1.54) is 6.26 Å². The number of hydrogen-bond acceptors (Lipinski definition) is 5. The van der Waals surface area contributed by atoms with Crippen molar-refractivity contribution in [2.45, 2.75) is 19.5 Å². The maximum atomic E-state index is 10.7. The Labute approximate surface area is 112 Å². The zero-order valence-electron chi connectivity index (χ0n) is 11.1. The Morgan fingerprint density at radius 2 is 2.26 bits per heavy atom. The second-order valence-electron chi connectivity index (χ2n) is 4.80. The van der Waals surface area contributed by atoms with Crippen molar-refractivity contribution >= 4 is 5.97 Å². The molecule has 0 aliphatic carbocycles. The molecular weight excluding hydrogens is 248 g/mol. The lowest BCUT2D eigenvalue weighted by atomic mass is 10.2. The van der Waals surface area contributed by atoms with Crippen LogP contribution < -0.4 is 5.32 Å². The molecular formula is C13H20N2O4. The molecule has 19 heavy (non-hydrogen) atoms. The molecule has 1 fully saturated rings. The Balaban J connectivity index is 1.72. The van der Waals surface area contributed by atoms with Gasteiger partial charge in [0.15, 0.2) is 0 Å². The first-order chi connectivity index (χ1) is 9.15. The summed E-state index contributed by atoms with van der Waals surface area (Å²) >= 11 is 0. The summed E-state index contributed by atoms with van der Waals surface area (Å²) in [7, 11) is 0. The fraction of sp³-hybridized carbons (Fsp3) is 0.615. The topological polar surface area (TPSA) is 74.9 Å². The van der Waals surface area contributed by atoms with E-state index in [0.29, 0.717) is 18.3 Å². The SMILES string of the molecule is CC(CN1CCOCC1)NCc1cc(C(=O)O)co1. The van der Waals surface area contributed by atoms with Crippen molar-refractivity contribution in [2.75, 3.05) is 32.8 Å². The molecule has 1 aromatic heterocycles. The standard InChI is InChI=1S/C13H20N2O4/c1-10(8-15-2-4-18-5-3-15)14-7-12-6-11(9-19-12)13(16)17/h6,9-10,14H,2-5,7-8H2,1H3,(H,16,17). The summed E-state index contributed by atoms with van der Waals surface area (Å²) < 4.78 is 10.5. The van der Waals surface area contributed by atoms with Gasteiger partial charge in [0.25, 0.3) is 0 Å². The highest BCUT2D eigenvalue weighted by atomic mass is 16.5. The van der Waals surface area contributed by atoms with Gasteiger partial charge in [-0.25, -0.2) is 4.79 Å². The van der Waals surface area contributed by atoms with E-state index < -0.39 is 5.97 Å².